The summed E-state index contributed by atoms with van der Waals surface area (Å²) >= 11 is 0. The van der Waals surface area contributed by atoms with Gasteiger partial charge in [0.05, 0.1) is 12.1 Å². The zero-order valence-corrected chi connectivity index (χ0v) is 15.8. The van der Waals surface area contributed by atoms with Gasteiger partial charge in [-0.15, -0.1) is 0 Å². The predicted octanol–water partition coefficient (Wildman–Crippen LogP) is 2.20. The number of hydrogen-bond acceptors (Lipinski definition) is 6. The topological polar surface area (TPSA) is 111 Å². The third kappa shape index (κ3) is 17.9. The van der Waals surface area contributed by atoms with Gasteiger partial charge in [0.2, 0.25) is 0 Å². The fraction of sp³-hybridized carbons (Fsp3) is 0.750. The summed E-state index contributed by atoms with van der Waals surface area (Å²) in [6, 6.07) is -1.00. The third-order valence-electron chi connectivity index (χ3n) is 1.90. The second kappa shape index (κ2) is 10.6. The second-order valence-corrected chi connectivity index (χ2v) is 7.14. The van der Waals surface area contributed by atoms with Crippen LogP contribution >= 0.6 is 0 Å². The van der Waals surface area contributed by atoms with Crippen LogP contribution in [0.2, 0.25) is 0 Å². The Morgan fingerprint density at radius 1 is 0.750 bits per heavy atom. The molecule has 0 spiro atoms. The maximum atomic E-state index is 10.9. The summed E-state index contributed by atoms with van der Waals surface area (Å²) < 4.78 is 9.80. The lowest BCUT2D eigenvalue weighted by Crippen LogP contribution is -2.38. The highest BCUT2D eigenvalue weighted by atomic mass is 16.6. The van der Waals surface area contributed by atoms with Gasteiger partial charge in [-0.2, -0.15) is 0 Å². The van der Waals surface area contributed by atoms with Crippen molar-refractivity contribution in [3.8, 4) is 0 Å². The molecule has 140 valence electrons. The van der Waals surface area contributed by atoms with E-state index in [0.29, 0.717) is 12.6 Å². The maximum Gasteiger partial charge on any atom is 0.408 e. The molecular weight excluding hydrogens is 316 g/mol. The second-order valence-electron chi connectivity index (χ2n) is 7.14. The Labute approximate surface area is 143 Å². The SMILES string of the molecule is C[C@@H](C=O)NC(=O)OC(C)(C)C.C[C@H](C=O)NC(=O)OC(C)(C)C. The molecule has 0 aromatic heterocycles. The van der Waals surface area contributed by atoms with Gasteiger partial charge in [-0.05, 0) is 55.4 Å². The van der Waals surface area contributed by atoms with Crippen LogP contribution in [0.15, 0.2) is 0 Å². The van der Waals surface area contributed by atoms with Gasteiger partial charge in [-0.1, -0.05) is 0 Å². The number of alkyl carbamates (subject to hydrolysis) is 2. The van der Waals surface area contributed by atoms with E-state index in [1.54, 1.807) is 55.4 Å². The summed E-state index contributed by atoms with van der Waals surface area (Å²) in [5.74, 6) is 0. The molecule has 0 saturated heterocycles. The van der Waals surface area contributed by atoms with Crippen molar-refractivity contribution in [2.45, 2.75) is 78.7 Å². The van der Waals surface area contributed by atoms with Crippen molar-refractivity contribution in [2.75, 3.05) is 0 Å². The number of carbonyl (C=O) groups excluding carboxylic acids is 4. The highest BCUT2D eigenvalue weighted by molar-refractivity contribution is 5.73. The van der Waals surface area contributed by atoms with E-state index in [2.05, 4.69) is 10.6 Å². The minimum Gasteiger partial charge on any atom is -0.444 e. The first-order valence-electron chi connectivity index (χ1n) is 7.59. The van der Waals surface area contributed by atoms with E-state index in [1.165, 1.54) is 0 Å². The first-order valence-corrected chi connectivity index (χ1v) is 7.59. The smallest absolute Gasteiger partial charge is 0.408 e. The molecule has 2 atom stereocenters. The van der Waals surface area contributed by atoms with E-state index >= 15 is 0 Å². The van der Waals surface area contributed by atoms with Gasteiger partial charge < -0.3 is 29.7 Å². The summed E-state index contributed by atoms with van der Waals surface area (Å²) in [5.41, 5.74) is -1.04. The number of hydrogen-bond donors (Lipinski definition) is 2. The Hall–Kier alpha value is -2.12. The standard InChI is InChI=1S/2C8H15NO3/c2*1-6(5-10)9-7(11)12-8(2,3)4/h2*5-6H,1-4H3,(H,9,11)/t2*6-/m10/s1. The number of nitrogens with one attached hydrogen (secondary N) is 2. The molecule has 2 N–H and O–H groups in total. The molecule has 0 saturated carbocycles. The Kier molecular flexibility index (Phi) is 10.7. The highest BCUT2D eigenvalue weighted by Crippen LogP contribution is 2.07. The van der Waals surface area contributed by atoms with Gasteiger partial charge in [0, 0.05) is 0 Å². The van der Waals surface area contributed by atoms with Gasteiger partial charge in [0.15, 0.2) is 0 Å². The molecule has 0 heterocycles. The van der Waals surface area contributed by atoms with Crippen LogP contribution in [-0.4, -0.2) is 48.0 Å². The Morgan fingerprint density at radius 3 is 1.17 bits per heavy atom. The van der Waals surface area contributed by atoms with Crippen molar-refractivity contribution in [2.24, 2.45) is 0 Å². The Balaban J connectivity index is 0. The summed E-state index contributed by atoms with van der Waals surface area (Å²) in [5, 5.41) is 4.71. The maximum absolute atomic E-state index is 10.9. The molecule has 24 heavy (non-hydrogen) atoms. The summed E-state index contributed by atoms with van der Waals surface area (Å²) in [6.07, 6.45) is 0.151. The van der Waals surface area contributed by atoms with Crippen LogP contribution in [0.25, 0.3) is 0 Å². The number of amides is 2. The molecule has 0 aliphatic rings. The van der Waals surface area contributed by atoms with Crippen molar-refractivity contribution in [1.82, 2.24) is 10.6 Å². The van der Waals surface area contributed by atoms with Gasteiger partial charge in [-0.25, -0.2) is 9.59 Å². The van der Waals surface area contributed by atoms with E-state index in [4.69, 9.17) is 9.47 Å². The lowest BCUT2D eigenvalue weighted by molar-refractivity contribution is -0.109. The van der Waals surface area contributed by atoms with Gasteiger partial charge >= 0.3 is 12.2 Å². The third-order valence-corrected chi connectivity index (χ3v) is 1.90. The van der Waals surface area contributed by atoms with Crippen LogP contribution < -0.4 is 10.6 Å². The molecule has 0 fully saturated rings. The number of aldehydes is 2. The zero-order valence-electron chi connectivity index (χ0n) is 15.8. The lowest BCUT2D eigenvalue weighted by Gasteiger charge is -2.20. The van der Waals surface area contributed by atoms with Crippen LogP contribution in [0.3, 0.4) is 0 Å². The van der Waals surface area contributed by atoms with Crippen LogP contribution in [-0.2, 0) is 19.1 Å². The minimum absolute atomic E-state index is 0.500. The molecule has 8 heteroatoms. The van der Waals surface area contributed by atoms with E-state index in [9.17, 15) is 19.2 Å². The Bertz CT molecular complexity index is 383. The number of rotatable bonds is 4. The molecule has 2 amide bonds. The first-order chi connectivity index (χ1) is 10.7. The predicted molar refractivity (Wildman–Crippen MR) is 89.8 cm³/mol. The average Bonchev–Trinajstić information content (AvgIpc) is 2.34. The molecule has 0 aromatic carbocycles. The van der Waals surface area contributed by atoms with Gasteiger partial charge in [0.1, 0.15) is 23.8 Å². The van der Waals surface area contributed by atoms with Crippen LogP contribution in [0, 0.1) is 0 Å². The normalized spacial score (nSPS) is 13.3. The van der Waals surface area contributed by atoms with E-state index in [-0.39, 0.29) is 0 Å². The fourth-order valence-electron chi connectivity index (χ4n) is 1.05. The van der Waals surface area contributed by atoms with E-state index < -0.39 is 35.5 Å². The molecule has 0 rings (SSSR count). The molecule has 0 bridgehead atoms. The molecular formula is C16H30N2O6. The summed E-state index contributed by atoms with van der Waals surface area (Å²) in [6.45, 7) is 13.7. The molecule has 8 nitrogen and oxygen atoms in total. The van der Waals surface area contributed by atoms with Crippen LogP contribution in [0.4, 0.5) is 9.59 Å². The first kappa shape index (κ1) is 24.1. The zero-order chi connectivity index (χ0) is 19.6. The van der Waals surface area contributed by atoms with Crippen molar-refractivity contribution < 1.29 is 28.7 Å². The van der Waals surface area contributed by atoms with Crippen LogP contribution in [0.5, 0.6) is 0 Å². The molecule has 0 aliphatic carbocycles. The van der Waals surface area contributed by atoms with Crippen LogP contribution in [0.1, 0.15) is 55.4 Å². The highest BCUT2D eigenvalue weighted by Gasteiger charge is 2.17. The average molecular weight is 346 g/mol. The summed E-state index contributed by atoms with van der Waals surface area (Å²) in [4.78, 5) is 42.1. The largest absolute Gasteiger partial charge is 0.444 e. The van der Waals surface area contributed by atoms with Crippen molar-refractivity contribution >= 4 is 24.8 Å². The Morgan fingerprint density at radius 2 is 1.00 bits per heavy atom. The molecule has 0 radical (unpaired) electrons. The van der Waals surface area contributed by atoms with Gasteiger partial charge in [0.25, 0.3) is 0 Å². The van der Waals surface area contributed by atoms with Gasteiger partial charge in [-0.3, -0.25) is 0 Å². The minimum atomic E-state index is -0.568. The molecule has 0 unspecified atom stereocenters. The molecule has 0 aromatic rings. The quantitative estimate of drug-likeness (QED) is 0.755. The van der Waals surface area contributed by atoms with E-state index in [0.717, 1.165) is 0 Å². The lowest BCUT2D eigenvalue weighted by atomic mass is 10.2. The summed E-state index contributed by atoms with van der Waals surface area (Å²) in [7, 11) is 0. The van der Waals surface area contributed by atoms with Crippen molar-refractivity contribution in [3.05, 3.63) is 0 Å². The monoisotopic (exact) mass is 346 g/mol. The van der Waals surface area contributed by atoms with Crippen molar-refractivity contribution in [1.29, 1.82) is 0 Å². The van der Waals surface area contributed by atoms with E-state index in [1.807, 2.05) is 0 Å². The molecule has 0 aliphatic heterocycles. The number of carbonyl (C=O) groups is 4. The fourth-order valence-corrected chi connectivity index (χ4v) is 1.05. The number of ether oxygens (including phenoxy) is 2. The van der Waals surface area contributed by atoms with Crippen molar-refractivity contribution in [3.63, 3.8) is 0 Å².